The maximum atomic E-state index is 12.7. The van der Waals surface area contributed by atoms with E-state index in [4.69, 9.17) is 14.3 Å². The molecule has 0 fully saturated rings. The molecule has 0 aromatic heterocycles. The maximum absolute atomic E-state index is 12.7. The van der Waals surface area contributed by atoms with Gasteiger partial charge in [-0.25, -0.2) is 4.79 Å². The number of nitrogens with one attached hydrogen (secondary N) is 1. The summed E-state index contributed by atoms with van der Waals surface area (Å²) in [5, 5.41) is 6.55. The van der Waals surface area contributed by atoms with Gasteiger partial charge in [0.05, 0.1) is 31.2 Å². The van der Waals surface area contributed by atoms with E-state index < -0.39 is 24.0 Å². The molecule has 0 atom stereocenters. The van der Waals surface area contributed by atoms with Gasteiger partial charge >= 0.3 is 12.3 Å². The van der Waals surface area contributed by atoms with Crippen LogP contribution < -0.4 is 14.8 Å². The highest BCUT2D eigenvalue weighted by Gasteiger charge is 2.31. The predicted molar refractivity (Wildman–Crippen MR) is 154 cm³/mol. The minimum atomic E-state index is -4.85. The van der Waals surface area contributed by atoms with Crippen molar-refractivity contribution in [3.63, 3.8) is 0 Å². The minimum absolute atomic E-state index is 0.0431. The number of alkyl halides is 3. The van der Waals surface area contributed by atoms with E-state index in [9.17, 15) is 22.8 Å². The van der Waals surface area contributed by atoms with Crippen molar-refractivity contribution >= 4 is 23.8 Å². The van der Waals surface area contributed by atoms with Crippen molar-refractivity contribution < 1.29 is 41.8 Å². The average molecular weight is 593 g/mol. The Balaban J connectivity index is 1.27. The van der Waals surface area contributed by atoms with Crippen molar-refractivity contribution in [2.24, 2.45) is 5.16 Å². The molecule has 0 aliphatic rings. The van der Waals surface area contributed by atoms with Crippen LogP contribution in [0.1, 0.15) is 32.7 Å². The quantitative estimate of drug-likeness (QED) is 0.0816. The van der Waals surface area contributed by atoms with E-state index in [1.165, 1.54) is 19.2 Å². The number of carbonyl (C=O) groups is 2. The van der Waals surface area contributed by atoms with Gasteiger partial charge in [0.1, 0.15) is 18.1 Å². The van der Waals surface area contributed by atoms with Crippen LogP contribution in [0.15, 0.2) is 102 Å². The molecule has 222 valence electrons. The number of anilines is 1. The van der Waals surface area contributed by atoms with E-state index in [0.29, 0.717) is 12.2 Å². The molecular weight excluding hydrogens is 565 g/mol. The third-order valence-electron chi connectivity index (χ3n) is 5.94. The highest BCUT2D eigenvalue weighted by molar-refractivity contribution is 6.08. The zero-order valence-corrected chi connectivity index (χ0v) is 23.0. The van der Waals surface area contributed by atoms with Crippen molar-refractivity contribution in [1.82, 2.24) is 0 Å². The Morgan fingerprint density at radius 1 is 0.837 bits per heavy atom. The van der Waals surface area contributed by atoms with E-state index in [0.717, 1.165) is 41.0 Å². The molecule has 0 aliphatic carbocycles. The Hall–Kier alpha value is -5.32. The number of amides is 1. The molecule has 1 N–H and O–H groups in total. The first-order chi connectivity index (χ1) is 20.7. The van der Waals surface area contributed by atoms with Crippen molar-refractivity contribution in [3.8, 4) is 22.6 Å². The Kier molecular flexibility index (Phi) is 10.4. The first-order valence-corrected chi connectivity index (χ1v) is 13.0. The molecule has 43 heavy (non-hydrogen) atoms. The summed E-state index contributed by atoms with van der Waals surface area (Å²) in [6.45, 7) is 0.545. The molecule has 0 heterocycles. The van der Waals surface area contributed by atoms with Crippen molar-refractivity contribution in [2.45, 2.75) is 12.8 Å². The fourth-order valence-corrected chi connectivity index (χ4v) is 3.86. The number of halogens is 3. The van der Waals surface area contributed by atoms with Crippen LogP contribution in [0.5, 0.6) is 11.5 Å². The number of esters is 1. The summed E-state index contributed by atoms with van der Waals surface area (Å²) in [6.07, 6.45) is -2.74. The van der Waals surface area contributed by atoms with Crippen LogP contribution in [0.2, 0.25) is 0 Å². The summed E-state index contributed by atoms with van der Waals surface area (Å²) in [5.74, 6) is -1.47. The zero-order chi connectivity index (χ0) is 30.7. The standard InChI is InChI=1S/C32H27F3N2O6/c1-40-31(39)28-17-16-27(20-29(28)37-30(38)25-12-14-26(15-13-25)43-32(33,34)35)41-18-5-19-42-36-21-22-8-10-24(11-9-22)23-6-3-2-4-7-23/h2-4,6-17,20-21H,5,18-19H2,1H3,(H,37,38)/b36-21-. The molecule has 11 heteroatoms. The monoisotopic (exact) mass is 592 g/mol. The zero-order valence-electron chi connectivity index (χ0n) is 23.0. The van der Waals surface area contributed by atoms with Gasteiger partial charge in [-0.2, -0.15) is 0 Å². The van der Waals surface area contributed by atoms with Crippen molar-refractivity contribution in [2.75, 3.05) is 25.6 Å². The van der Waals surface area contributed by atoms with Crippen LogP contribution >= 0.6 is 0 Å². The summed E-state index contributed by atoms with van der Waals surface area (Å²) in [5.41, 5.74) is 3.33. The van der Waals surface area contributed by atoms with Gasteiger partial charge in [-0.05, 0) is 53.1 Å². The molecule has 0 aliphatic heterocycles. The Bertz CT molecular complexity index is 1540. The Morgan fingerprint density at radius 3 is 2.19 bits per heavy atom. The Morgan fingerprint density at radius 2 is 1.51 bits per heavy atom. The van der Waals surface area contributed by atoms with Crippen LogP contribution in [-0.2, 0) is 9.57 Å². The second-order valence-electron chi connectivity index (χ2n) is 8.98. The van der Waals surface area contributed by atoms with Gasteiger partial charge in [-0.3, -0.25) is 4.79 Å². The number of nitrogens with zero attached hydrogens (tertiary/aromatic N) is 1. The normalized spacial score (nSPS) is 11.2. The van der Waals surface area contributed by atoms with Gasteiger partial charge in [0.2, 0.25) is 0 Å². The largest absolute Gasteiger partial charge is 0.573 e. The van der Waals surface area contributed by atoms with E-state index in [1.54, 1.807) is 12.3 Å². The average Bonchev–Trinajstić information content (AvgIpc) is 3.00. The van der Waals surface area contributed by atoms with E-state index in [2.05, 4.69) is 15.2 Å². The van der Waals surface area contributed by atoms with Crippen molar-refractivity contribution in [3.05, 3.63) is 114 Å². The lowest BCUT2D eigenvalue weighted by atomic mass is 10.0. The first-order valence-electron chi connectivity index (χ1n) is 13.0. The van der Waals surface area contributed by atoms with Gasteiger partial charge in [0.15, 0.2) is 0 Å². The van der Waals surface area contributed by atoms with Gasteiger partial charge < -0.3 is 24.4 Å². The first kappa shape index (κ1) is 30.6. The molecule has 0 spiro atoms. The fraction of sp³-hybridized carbons (Fsp3) is 0.156. The SMILES string of the molecule is COC(=O)c1ccc(OCCCO/N=C\c2ccc(-c3ccccc3)cc2)cc1NC(=O)c1ccc(OC(F)(F)F)cc1. The third kappa shape index (κ3) is 9.35. The summed E-state index contributed by atoms with van der Waals surface area (Å²) >= 11 is 0. The van der Waals surface area contributed by atoms with Crippen LogP contribution in [-0.4, -0.2) is 44.8 Å². The number of hydrogen-bond donors (Lipinski definition) is 1. The molecule has 0 bridgehead atoms. The third-order valence-corrected chi connectivity index (χ3v) is 5.94. The summed E-state index contributed by atoms with van der Waals surface area (Å²) in [6, 6.07) is 26.7. The number of oxime groups is 1. The molecule has 0 saturated heterocycles. The number of rotatable bonds is 12. The van der Waals surface area contributed by atoms with Gasteiger partial charge in [0.25, 0.3) is 5.91 Å². The van der Waals surface area contributed by atoms with Crippen LogP contribution in [0.25, 0.3) is 11.1 Å². The van der Waals surface area contributed by atoms with Crippen LogP contribution in [0.4, 0.5) is 18.9 Å². The summed E-state index contributed by atoms with van der Waals surface area (Å²) in [4.78, 5) is 30.3. The second-order valence-corrected chi connectivity index (χ2v) is 8.98. The van der Waals surface area contributed by atoms with E-state index in [1.807, 2.05) is 54.6 Å². The highest BCUT2D eigenvalue weighted by Crippen LogP contribution is 2.26. The van der Waals surface area contributed by atoms with Gasteiger partial charge in [0, 0.05) is 18.1 Å². The second kappa shape index (κ2) is 14.5. The number of ether oxygens (including phenoxy) is 3. The highest BCUT2D eigenvalue weighted by atomic mass is 19.4. The lowest BCUT2D eigenvalue weighted by Gasteiger charge is -2.13. The topological polar surface area (TPSA) is 95.5 Å². The molecule has 8 nitrogen and oxygen atoms in total. The number of carbonyl (C=O) groups excluding carboxylic acids is 2. The van der Waals surface area contributed by atoms with Gasteiger partial charge in [-0.1, -0.05) is 59.8 Å². The smallest absolute Gasteiger partial charge is 0.493 e. The molecular formula is C32H27F3N2O6. The molecule has 0 saturated carbocycles. The van der Waals surface area contributed by atoms with E-state index >= 15 is 0 Å². The number of hydrogen-bond acceptors (Lipinski definition) is 7. The van der Waals surface area contributed by atoms with Crippen LogP contribution in [0.3, 0.4) is 0 Å². The molecule has 4 aromatic carbocycles. The predicted octanol–water partition coefficient (Wildman–Crippen LogP) is 7.11. The van der Waals surface area contributed by atoms with E-state index in [-0.39, 0.29) is 30.0 Å². The maximum Gasteiger partial charge on any atom is 0.573 e. The fourth-order valence-electron chi connectivity index (χ4n) is 3.86. The summed E-state index contributed by atoms with van der Waals surface area (Å²) < 4.78 is 51.5. The molecule has 0 radical (unpaired) electrons. The molecule has 0 unspecified atom stereocenters. The lowest BCUT2D eigenvalue weighted by Crippen LogP contribution is -2.18. The van der Waals surface area contributed by atoms with Crippen molar-refractivity contribution in [1.29, 1.82) is 0 Å². The molecule has 4 aromatic rings. The lowest BCUT2D eigenvalue weighted by molar-refractivity contribution is -0.274. The number of methoxy groups -OCH3 is 1. The van der Waals surface area contributed by atoms with Gasteiger partial charge in [-0.15, -0.1) is 13.2 Å². The minimum Gasteiger partial charge on any atom is -0.493 e. The molecule has 4 rings (SSSR count). The summed E-state index contributed by atoms with van der Waals surface area (Å²) in [7, 11) is 1.19. The van der Waals surface area contributed by atoms with Crippen LogP contribution in [0, 0.1) is 0 Å². The number of benzene rings is 4. The molecule has 1 amide bonds. The Labute approximate surface area is 245 Å².